The van der Waals surface area contributed by atoms with Gasteiger partial charge in [0, 0.05) is 5.56 Å². The molecule has 0 aliphatic carbocycles. The highest BCUT2D eigenvalue weighted by Gasteiger charge is 2.21. The van der Waals surface area contributed by atoms with E-state index in [-0.39, 0.29) is 5.82 Å². The third kappa shape index (κ3) is 4.17. The maximum absolute atomic E-state index is 12.5. The van der Waals surface area contributed by atoms with Crippen LogP contribution in [-0.4, -0.2) is 36.5 Å². The Morgan fingerprint density at radius 2 is 1.70 bits per heavy atom. The Morgan fingerprint density at radius 3 is 2.37 bits per heavy atom. The summed E-state index contributed by atoms with van der Waals surface area (Å²) in [5.41, 5.74) is 1.14. The van der Waals surface area contributed by atoms with Crippen LogP contribution in [0.1, 0.15) is 6.92 Å². The number of aromatic nitrogens is 2. The van der Waals surface area contributed by atoms with Crippen LogP contribution in [0.25, 0.3) is 11.3 Å². The maximum atomic E-state index is 12.5. The number of carbonyl (C=O) groups excluding carboxylic acids is 1. The van der Waals surface area contributed by atoms with E-state index in [0.717, 1.165) is 5.56 Å². The number of hydrogen-bond donors (Lipinski definition) is 1. The first kappa shape index (κ1) is 18.2. The van der Waals surface area contributed by atoms with Gasteiger partial charge in [-0.2, -0.15) is 0 Å². The Morgan fingerprint density at radius 1 is 1.00 bits per heavy atom. The molecule has 0 radical (unpaired) electrons. The Hall–Kier alpha value is -3.55. The zero-order valence-electron chi connectivity index (χ0n) is 15.1. The van der Waals surface area contributed by atoms with Crippen LogP contribution in [0.4, 0.5) is 5.82 Å². The van der Waals surface area contributed by atoms with Gasteiger partial charge in [0.05, 0.1) is 14.2 Å². The number of benzene rings is 2. The lowest BCUT2D eigenvalue weighted by molar-refractivity contribution is -0.122. The lowest BCUT2D eigenvalue weighted by Gasteiger charge is -2.16. The molecule has 0 aliphatic heterocycles. The van der Waals surface area contributed by atoms with E-state index in [2.05, 4.69) is 15.6 Å². The Labute approximate surface area is 156 Å². The van der Waals surface area contributed by atoms with Crippen LogP contribution in [0.2, 0.25) is 0 Å². The molecular weight excluding hydrogens is 350 g/mol. The fourth-order valence-electron chi connectivity index (χ4n) is 2.39. The Kier molecular flexibility index (Phi) is 5.55. The normalized spacial score (nSPS) is 11.5. The van der Waals surface area contributed by atoms with Crippen molar-refractivity contribution in [2.45, 2.75) is 13.0 Å². The summed E-state index contributed by atoms with van der Waals surface area (Å²) in [5.74, 6) is 1.53. The molecule has 140 valence electrons. The predicted molar refractivity (Wildman–Crippen MR) is 98.0 cm³/mol. The van der Waals surface area contributed by atoms with E-state index in [1.807, 2.05) is 6.07 Å². The molecule has 3 rings (SSSR count). The van der Waals surface area contributed by atoms with Gasteiger partial charge in [0.25, 0.3) is 5.91 Å². The topological polar surface area (TPSA) is 95.7 Å². The molecule has 8 heteroatoms. The summed E-state index contributed by atoms with van der Waals surface area (Å²) in [6.07, 6.45) is -0.790. The summed E-state index contributed by atoms with van der Waals surface area (Å²) in [4.78, 5) is 12.5. The van der Waals surface area contributed by atoms with Crippen molar-refractivity contribution in [1.82, 2.24) is 10.3 Å². The third-order valence-electron chi connectivity index (χ3n) is 3.84. The first-order valence-electron chi connectivity index (χ1n) is 8.20. The van der Waals surface area contributed by atoms with Gasteiger partial charge < -0.3 is 19.5 Å². The molecule has 3 aromatic rings. The maximum Gasteiger partial charge on any atom is 0.266 e. The minimum absolute atomic E-state index is 0.209. The molecular formula is C19H19N3O5. The second-order valence-corrected chi connectivity index (χ2v) is 5.59. The van der Waals surface area contributed by atoms with Gasteiger partial charge in [0.2, 0.25) is 5.82 Å². The van der Waals surface area contributed by atoms with Gasteiger partial charge in [-0.1, -0.05) is 12.1 Å². The predicted octanol–water partition coefficient (Wildman–Crippen LogP) is 3.16. The highest BCUT2D eigenvalue weighted by atomic mass is 16.6. The number of amides is 1. The van der Waals surface area contributed by atoms with E-state index >= 15 is 0 Å². The minimum Gasteiger partial charge on any atom is -0.497 e. The summed E-state index contributed by atoms with van der Waals surface area (Å²) in [7, 11) is 3.12. The van der Waals surface area contributed by atoms with E-state index in [4.69, 9.17) is 18.8 Å². The molecule has 1 N–H and O–H groups in total. The molecule has 0 aliphatic rings. The summed E-state index contributed by atoms with van der Waals surface area (Å²) in [6.45, 7) is 1.63. The van der Waals surface area contributed by atoms with Crippen LogP contribution in [0.15, 0.2) is 53.2 Å². The van der Waals surface area contributed by atoms with Crippen LogP contribution in [0, 0.1) is 0 Å². The zero-order valence-corrected chi connectivity index (χ0v) is 15.1. The molecule has 2 aromatic carbocycles. The van der Waals surface area contributed by atoms with Crippen molar-refractivity contribution in [2.75, 3.05) is 19.5 Å². The number of methoxy groups -OCH3 is 2. The molecule has 1 heterocycles. The monoisotopic (exact) mass is 369 g/mol. The minimum atomic E-state index is -0.790. The van der Waals surface area contributed by atoms with Crippen molar-refractivity contribution >= 4 is 11.7 Å². The number of ether oxygens (including phenoxy) is 3. The van der Waals surface area contributed by atoms with Gasteiger partial charge in [-0.25, -0.2) is 4.63 Å². The van der Waals surface area contributed by atoms with Crippen LogP contribution < -0.4 is 19.5 Å². The molecule has 8 nitrogen and oxygen atoms in total. The first-order valence-corrected chi connectivity index (χ1v) is 8.20. The fourth-order valence-corrected chi connectivity index (χ4v) is 2.39. The second-order valence-electron chi connectivity index (χ2n) is 5.59. The average molecular weight is 369 g/mol. The molecule has 1 amide bonds. The lowest BCUT2D eigenvalue weighted by atomic mass is 10.1. The third-order valence-corrected chi connectivity index (χ3v) is 3.84. The summed E-state index contributed by atoms with van der Waals surface area (Å²) in [6, 6.07) is 14.2. The van der Waals surface area contributed by atoms with Crippen molar-refractivity contribution in [3.63, 3.8) is 0 Å². The molecule has 27 heavy (non-hydrogen) atoms. The number of para-hydroxylation sites is 2. The highest BCUT2D eigenvalue weighted by Crippen LogP contribution is 2.28. The summed E-state index contributed by atoms with van der Waals surface area (Å²) < 4.78 is 20.8. The molecule has 1 aromatic heterocycles. The van der Waals surface area contributed by atoms with Crippen LogP contribution in [-0.2, 0) is 4.79 Å². The lowest BCUT2D eigenvalue weighted by Crippen LogP contribution is -2.30. The first-order chi connectivity index (χ1) is 13.1. The SMILES string of the molecule is COc1ccc(-c2nonc2NC(=O)[C@@H](C)Oc2ccccc2OC)cc1. The van der Waals surface area contributed by atoms with Gasteiger partial charge in [0.1, 0.15) is 5.75 Å². The van der Waals surface area contributed by atoms with Crippen molar-refractivity contribution < 1.29 is 23.6 Å². The van der Waals surface area contributed by atoms with Crippen molar-refractivity contribution in [3.05, 3.63) is 48.5 Å². The van der Waals surface area contributed by atoms with E-state index < -0.39 is 12.0 Å². The Bertz CT molecular complexity index is 908. The van der Waals surface area contributed by atoms with Gasteiger partial charge in [-0.05, 0) is 53.6 Å². The molecule has 0 saturated heterocycles. The quantitative estimate of drug-likeness (QED) is 0.683. The van der Waals surface area contributed by atoms with Crippen molar-refractivity contribution in [2.24, 2.45) is 0 Å². The van der Waals surface area contributed by atoms with E-state index in [9.17, 15) is 4.79 Å². The number of anilines is 1. The van der Waals surface area contributed by atoms with Crippen molar-refractivity contribution in [1.29, 1.82) is 0 Å². The van der Waals surface area contributed by atoms with Crippen molar-refractivity contribution in [3.8, 4) is 28.5 Å². The standard InChI is InChI=1S/C19H19N3O5/c1-12(26-16-7-5-4-6-15(16)25-3)19(23)20-18-17(21-27-22-18)13-8-10-14(24-2)11-9-13/h4-12H,1-3H3,(H,20,22,23)/t12-/m1/s1. The second kappa shape index (κ2) is 8.22. The molecule has 0 unspecified atom stereocenters. The zero-order chi connectivity index (χ0) is 19.2. The molecule has 0 fully saturated rings. The van der Waals surface area contributed by atoms with Gasteiger partial charge in [0.15, 0.2) is 23.3 Å². The van der Waals surface area contributed by atoms with Crippen LogP contribution in [0.3, 0.4) is 0 Å². The summed E-state index contributed by atoms with van der Waals surface area (Å²) >= 11 is 0. The fraction of sp³-hybridized carbons (Fsp3) is 0.211. The van der Waals surface area contributed by atoms with E-state index in [1.165, 1.54) is 7.11 Å². The molecule has 1 atom stereocenters. The van der Waals surface area contributed by atoms with Gasteiger partial charge in [-0.15, -0.1) is 0 Å². The number of hydrogen-bond acceptors (Lipinski definition) is 7. The largest absolute Gasteiger partial charge is 0.497 e. The molecule has 0 saturated carbocycles. The number of carbonyl (C=O) groups is 1. The number of nitrogens with one attached hydrogen (secondary N) is 1. The van der Waals surface area contributed by atoms with Crippen LogP contribution in [0.5, 0.6) is 17.2 Å². The Balaban J connectivity index is 1.72. The molecule has 0 spiro atoms. The van der Waals surface area contributed by atoms with E-state index in [1.54, 1.807) is 56.5 Å². The highest BCUT2D eigenvalue weighted by molar-refractivity contribution is 5.96. The number of nitrogens with zero attached hydrogens (tertiary/aromatic N) is 2. The van der Waals surface area contributed by atoms with Crippen LogP contribution >= 0.6 is 0 Å². The van der Waals surface area contributed by atoms with Gasteiger partial charge in [-0.3, -0.25) is 4.79 Å². The molecule has 0 bridgehead atoms. The summed E-state index contributed by atoms with van der Waals surface area (Å²) in [5, 5.41) is 10.3. The van der Waals surface area contributed by atoms with E-state index in [0.29, 0.717) is 22.9 Å². The average Bonchev–Trinajstić information content (AvgIpc) is 3.16. The number of rotatable bonds is 7. The smallest absolute Gasteiger partial charge is 0.266 e. The van der Waals surface area contributed by atoms with Gasteiger partial charge >= 0.3 is 0 Å².